The zero-order chi connectivity index (χ0) is 17.4. The highest BCUT2D eigenvalue weighted by Gasteiger charge is 2.50. The standard InChI is InChI=1S/C20H27NO4/c1-23-17-5-3-4-15-10-14(13-25-19(15)17)12-21-9-8-20(24-2)7-6-16(22)11-18(20)21/h3-5,10,16,18,22H,6-9,11-13H2,1-2H3/t16-,18-,20+/m1/s1. The molecule has 1 aromatic carbocycles. The lowest BCUT2D eigenvalue weighted by molar-refractivity contribution is -0.0859. The Morgan fingerprint density at radius 3 is 3.00 bits per heavy atom. The molecule has 2 aliphatic heterocycles. The van der Waals surface area contributed by atoms with E-state index in [1.807, 2.05) is 19.2 Å². The molecule has 3 atom stereocenters. The molecular weight excluding hydrogens is 318 g/mol. The molecule has 25 heavy (non-hydrogen) atoms. The van der Waals surface area contributed by atoms with Gasteiger partial charge in [0.15, 0.2) is 11.5 Å². The van der Waals surface area contributed by atoms with Gasteiger partial charge in [0.25, 0.3) is 0 Å². The van der Waals surface area contributed by atoms with Crippen LogP contribution in [0, 0.1) is 0 Å². The van der Waals surface area contributed by atoms with E-state index in [0.717, 1.165) is 55.8 Å². The van der Waals surface area contributed by atoms with Crippen LogP contribution in [0.15, 0.2) is 23.8 Å². The van der Waals surface area contributed by atoms with E-state index in [1.54, 1.807) is 7.11 Å². The molecule has 1 saturated heterocycles. The second-order valence-electron chi connectivity index (χ2n) is 7.40. The van der Waals surface area contributed by atoms with Crippen LogP contribution in [0.5, 0.6) is 11.5 Å². The first kappa shape index (κ1) is 16.9. The van der Waals surface area contributed by atoms with Gasteiger partial charge in [-0.1, -0.05) is 12.1 Å². The fourth-order valence-electron chi connectivity index (χ4n) is 4.70. The summed E-state index contributed by atoms with van der Waals surface area (Å²) >= 11 is 0. The van der Waals surface area contributed by atoms with Gasteiger partial charge in [0.1, 0.15) is 6.61 Å². The van der Waals surface area contributed by atoms with Gasteiger partial charge in [-0.05, 0) is 43.4 Å². The summed E-state index contributed by atoms with van der Waals surface area (Å²) in [5, 5.41) is 10.1. The first-order chi connectivity index (χ1) is 12.1. The Labute approximate surface area is 149 Å². The van der Waals surface area contributed by atoms with Crippen LogP contribution >= 0.6 is 0 Å². The summed E-state index contributed by atoms with van der Waals surface area (Å²) in [5.74, 6) is 1.61. The molecule has 0 spiro atoms. The number of methoxy groups -OCH3 is 2. The first-order valence-electron chi connectivity index (χ1n) is 9.12. The molecule has 0 bridgehead atoms. The minimum absolute atomic E-state index is 0.0869. The zero-order valence-electron chi connectivity index (χ0n) is 15.0. The molecule has 1 N–H and O–H groups in total. The summed E-state index contributed by atoms with van der Waals surface area (Å²) in [4.78, 5) is 2.46. The molecule has 1 saturated carbocycles. The van der Waals surface area contributed by atoms with Gasteiger partial charge in [0.05, 0.1) is 18.8 Å². The number of ether oxygens (including phenoxy) is 3. The molecule has 4 rings (SSSR count). The molecular formula is C20H27NO4. The van der Waals surface area contributed by atoms with Crippen LogP contribution in [-0.4, -0.2) is 61.7 Å². The summed E-state index contributed by atoms with van der Waals surface area (Å²) in [6, 6.07) is 6.26. The predicted molar refractivity (Wildman–Crippen MR) is 96.0 cm³/mol. The zero-order valence-corrected chi connectivity index (χ0v) is 15.0. The van der Waals surface area contributed by atoms with E-state index in [1.165, 1.54) is 5.57 Å². The molecule has 0 amide bonds. The number of hydrogen-bond donors (Lipinski definition) is 1. The van der Waals surface area contributed by atoms with Crippen LogP contribution in [0.3, 0.4) is 0 Å². The number of rotatable bonds is 4. The number of likely N-dealkylation sites (tertiary alicyclic amines) is 1. The van der Waals surface area contributed by atoms with Crippen molar-refractivity contribution in [1.82, 2.24) is 4.90 Å². The van der Waals surface area contributed by atoms with Crippen molar-refractivity contribution in [2.75, 3.05) is 33.9 Å². The van der Waals surface area contributed by atoms with Gasteiger partial charge in [0, 0.05) is 31.8 Å². The van der Waals surface area contributed by atoms with Crippen molar-refractivity contribution in [3.05, 3.63) is 29.3 Å². The van der Waals surface area contributed by atoms with Crippen LogP contribution in [0.2, 0.25) is 0 Å². The Balaban J connectivity index is 1.53. The number of aliphatic hydroxyl groups excluding tert-OH is 1. The van der Waals surface area contributed by atoms with E-state index in [9.17, 15) is 5.11 Å². The summed E-state index contributed by atoms with van der Waals surface area (Å²) in [6.45, 7) is 2.45. The molecule has 2 heterocycles. The fraction of sp³-hybridized carbons (Fsp3) is 0.600. The number of aliphatic hydroxyl groups is 1. The smallest absolute Gasteiger partial charge is 0.168 e. The van der Waals surface area contributed by atoms with Gasteiger partial charge >= 0.3 is 0 Å². The molecule has 2 fully saturated rings. The lowest BCUT2D eigenvalue weighted by Gasteiger charge is -2.42. The van der Waals surface area contributed by atoms with E-state index in [4.69, 9.17) is 14.2 Å². The first-order valence-corrected chi connectivity index (χ1v) is 9.12. The van der Waals surface area contributed by atoms with Crippen LogP contribution < -0.4 is 9.47 Å². The molecule has 0 unspecified atom stereocenters. The van der Waals surface area contributed by atoms with Crippen molar-refractivity contribution in [1.29, 1.82) is 0 Å². The molecule has 3 aliphatic rings. The predicted octanol–water partition coefficient (Wildman–Crippen LogP) is 2.48. The van der Waals surface area contributed by atoms with Crippen molar-refractivity contribution in [2.45, 2.75) is 43.4 Å². The Hall–Kier alpha value is -1.56. The van der Waals surface area contributed by atoms with Gasteiger partial charge in [-0.2, -0.15) is 0 Å². The molecule has 1 aromatic rings. The van der Waals surface area contributed by atoms with Crippen LogP contribution in [0.25, 0.3) is 6.08 Å². The maximum atomic E-state index is 10.1. The quantitative estimate of drug-likeness (QED) is 0.909. The Kier molecular flexibility index (Phi) is 4.48. The van der Waals surface area contributed by atoms with Crippen LogP contribution in [0.4, 0.5) is 0 Å². The lowest BCUT2D eigenvalue weighted by Crippen LogP contribution is -2.51. The largest absolute Gasteiger partial charge is 0.493 e. The summed E-state index contributed by atoms with van der Waals surface area (Å²) in [5.41, 5.74) is 2.24. The van der Waals surface area contributed by atoms with E-state index >= 15 is 0 Å². The lowest BCUT2D eigenvalue weighted by atomic mass is 9.79. The molecule has 5 heteroatoms. The number of nitrogens with zero attached hydrogens (tertiary/aromatic N) is 1. The Bertz CT molecular complexity index is 674. The van der Waals surface area contributed by atoms with Crippen molar-refractivity contribution >= 4 is 6.08 Å². The van der Waals surface area contributed by atoms with Gasteiger partial charge in [0.2, 0.25) is 0 Å². The highest BCUT2D eigenvalue weighted by atomic mass is 16.5. The minimum atomic E-state index is -0.213. The summed E-state index contributed by atoms with van der Waals surface area (Å²) < 4.78 is 17.3. The molecule has 0 radical (unpaired) electrons. The van der Waals surface area contributed by atoms with Crippen molar-refractivity contribution < 1.29 is 19.3 Å². The highest BCUT2D eigenvalue weighted by Crippen LogP contribution is 2.43. The van der Waals surface area contributed by atoms with Gasteiger partial charge < -0.3 is 19.3 Å². The molecule has 1 aliphatic carbocycles. The fourth-order valence-corrected chi connectivity index (χ4v) is 4.70. The molecule has 136 valence electrons. The molecule has 5 nitrogen and oxygen atoms in total. The SMILES string of the molecule is COc1cccc2c1OCC(CN1CC[C@@]3(OC)CC[C@@H](O)C[C@@H]13)=C2. The number of para-hydroxylation sites is 1. The van der Waals surface area contributed by atoms with Crippen LogP contribution in [0.1, 0.15) is 31.2 Å². The van der Waals surface area contributed by atoms with E-state index in [-0.39, 0.29) is 17.7 Å². The number of fused-ring (bicyclic) bond motifs is 2. The average Bonchev–Trinajstić information content (AvgIpc) is 2.99. The van der Waals surface area contributed by atoms with Crippen molar-refractivity contribution in [3.63, 3.8) is 0 Å². The summed E-state index contributed by atoms with van der Waals surface area (Å²) in [7, 11) is 3.49. The third-order valence-corrected chi connectivity index (χ3v) is 6.07. The number of hydrogen-bond acceptors (Lipinski definition) is 5. The van der Waals surface area contributed by atoms with Gasteiger partial charge in [-0.25, -0.2) is 0 Å². The average molecular weight is 345 g/mol. The maximum absolute atomic E-state index is 10.1. The third-order valence-electron chi connectivity index (χ3n) is 6.07. The second kappa shape index (κ2) is 6.63. The third kappa shape index (κ3) is 2.94. The normalized spacial score (nSPS) is 31.7. The van der Waals surface area contributed by atoms with E-state index < -0.39 is 0 Å². The topological polar surface area (TPSA) is 51.2 Å². The van der Waals surface area contributed by atoms with Crippen molar-refractivity contribution in [2.24, 2.45) is 0 Å². The Morgan fingerprint density at radius 2 is 2.20 bits per heavy atom. The van der Waals surface area contributed by atoms with Crippen molar-refractivity contribution in [3.8, 4) is 11.5 Å². The van der Waals surface area contributed by atoms with Crippen LogP contribution in [-0.2, 0) is 4.74 Å². The van der Waals surface area contributed by atoms with E-state index in [2.05, 4.69) is 17.0 Å². The number of benzene rings is 1. The summed E-state index contributed by atoms with van der Waals surface area (Å²) in [6.07, 6.45) is 5.63. The molecule has 0 aromatic heterocycles. The van der Waals surface area contributed by atoms with Gasteiger partial charge in [-0.3, -0.25) is 4.90 Å². The monoisotopic (exact) mass is 345 g/mol. The van der Waals surface area contributed by atoms with E-state index in [0.29, 0.717) is 6.61 Å². The maximum Gasteiger partial charge on any atom is 0.168 e. The highest BCUT2D eigenvalue weighted by molar-refractivity contribution is 5.66. The Morgan fingerprint density at radius 1 is 1.32 bits per heavy atom. The second-order valence-corrected chi connectivity index (χ2v) is 7.40. The van der Waals surface area contributed by atoms with Gasteiger partial charge in [-0.15, -0.1) is 0 Å². The minimum Gasteiger partial charge on any atom is -0.493 e.